The van der Waals surface area contributed by atoms with E-state index < -0.39 is 17.9 Å². The van der Waals surface area contributed by atoms with Crippen molar-refractivity contribution < 1.29 is 28.7 Å². The Balaban J connectivity index is 1.64. The van der Waals surface area contributed by atoms with Gasteiger partial charge in [-0.3, -0.25) is 19.3 Å². The maximum Gasteiger partial charge on any atom is 0.308 e. The number of unbranched alkanes of at least 4 members (excludes halogenated alkanes) is 1. The Labute approximate surface area is 256 Å². The van der Waals surface area contributed by atoms with Gasteiger partial charge in [0.2, 0.25) is 11.8 Å². The van der Waals surface area contributed by atoms with Gasteiger partial charge < -0.3 is 24.1 Å². The lowest BCUT2D eigenvalue weighted by molar-refractivity contribution is -0.884. The highest BCUT2D eigenvalue weighted by Gasteiger charge is 2.47. The fourth-order valence-corrected chi connectivity index (χ4v) is 6.45. The highest BCUT2D eigenvalue weighted by atomic mass is 16.5. The van der Waals surface area contributed by atoms with E-state index in [1.165, 1.54) is 6.92 Å². The van der Waals surface area contributed by atoms with Crippen molar-refractivity contribution >= 4 is 23.5 Å². The fourth-order valence-electron chi connectivity index (χ4n) is 6.45. The van der Waals surface area contributed by atoms with Crippen LogP contribution in [0.15, 0.2) is 42.5 Å². The number of rotatable bonds is 13. The van der Waals surface area contributed by atoms with Crippen LogP contribution in [0.4, 0.5) is 5.69 Å². The number of hydrogen-bond donors (Lipinski definition) is 1. The molecule has 3 atom stereocenters. The van der Waals surface area contributed by atoms with Crippen LogP contribution in [0, 0.1) is 5.92 Å². The number of benzene rings is 2. The molecule has 9 heteroatoms. The van der Waals surface area contributed by atoms with Gasteiger partial charge in [0.25, 0.3) is 0 Å². The van der Waals surface area contributed by atoms with Crippen LogP contribution in [0.2, 0.25) is 0 Å². The summed E-state index contributed by atoms with van der Waals surface area (Å²) in [6.45, 7) is 6.70. The molecule has 0 saturated carbocycles. The summed E-state index contributed by atoms with van der Waals surface area (Å²) in [5.41, 5.74) is 4.11. The number of carbonyl (C=O) groups is 3. The number of likely N-dealkylation sites (tertiary alicyclic amines) is 1. The number of nitrogens with zero attached hydrogens (tertiary/aromatic N) is 4. The van der Waals surface area contributed by atoms with Crippen molar-refractivity contribution in [3.63, 3.8) is 0 Å². The van der Waals surface area contributed by atoms with E-state index in [4.69, 9.17) is 4.74 Å². The number of aliphatic carboxylic acids is 1. The Hall–Kier alpha value is -3.43. The first-order chi connectivity index (χ1) is 20.4. The summed E-state index contributed by atoms with van der Waals surface area (Å²) >= 11 is 0. The second kappa shape index (κ2) is 13.9. The van der Waals surface area contributed by atoms with Gasteiger partial charge in [-0.2, -0.15) is 0 Å². The van der Waals surface area contributed by atoms with E-state index in [-0.39, 0.29) is 24.3 Å². The number of amides is 2. The third-order valence-electron chi connectivity index (χ3n) is 8.73. The van der Waals surface area contributed by atoms with E-state index in [9.17, 15) is 19.5 Å². The lowest BCUT2D eigenvalue weighted by atomic mass is 9.83. The summed E-state index contributed by atoms with van der Waals surface area (Å²) in [7, 11) is 8.17. The quantitative estimate of drug-likeness (QED) is 0.353. The maximum atomic E-state index is 14.1. The monoisotopic (exact) mass is 593 g/mol. The number of carboxylic acid groups (broad SMARTS) is 1. The molecule has 1 N–H and O–H groups in total. The highest BCUT2D eigenvalue weighted by molar-refractivity contribution is 5.95. The molecule has 3 unspecified atom stereocenters. The van der Waals surface area contributed by atoms with E-state index in [1.54, 1.807) is 11.9 Å². The molecular weight excluding hydrogens is 544 g/mol. The fraction of sp³-hybridized carbons (Fsp3) is 0.559. The number of fused-ring (bicyclic) bond motifs is 1. The highest BCUT2D eigenvalue weighted by Crippen LogP contribution is 2.41. The molecule has 2 aliphatic rings. The summed E-state index contributed by atoms with van der Waals surface area (Å²) in [5, 5.41) is 10.5. The number of hydrogen-bond acceptors (Lipinski definition) is 5. The third kappa shape index (κ3) is 8.15. The average molecular weight is 594 g/mol. The summed E-state index contributed by atoms with van der Waals surface area (Å²) in [5.74, 6) is -1.09. The topological polar surface area (TPSA) is 90.4 Å². The molecule has 2 heterocycles. The minimum absolute atomic E-state index is 0.0343. The average Bonchev–Trinajstić information content (AvgIpc) is 3.55. The van der Waals surface area contributed by atoms with Crippen LogP contribution in [0.3, 0.4) is 0 Å². The summed E-state index contributed by atoms with van der Waals surface area (Å²) < 4.78 is 6.47. The minimum atomic E-state index is -0.872. The van der Waals surface area contributed by atoms with Gasteiger partial charge in [-0.25, -0.2) is 0 Å². The number of ether oxygens (including phenoxy) is 1. The second-order valence-electron chi connectivity index (χ2n) is 13.2. The van der Waals surface area contributed by atoms with Crippen LogP contribution >= 0.6 is 0 Å². The van der Waals surface area contributed by atoms with Crippen molar-refractivity contribution in [3.8, 4) is 5.75 Å². The molecule has 2 aliphatic heterocycles. The normalized spacial score (nSPS) is 20.0. The van der Waals surface area contributed by atoms with Crippen LogP contribution in [-0.4, -0.2) is 104 Å². The Morgan fingerprint density at radius 1 is 1.09 bits per heavy atom. The van der Waals surface area contributed by atoms with Crippen LogP contribution < -0.4 is 9.64 Å². The van der Waals surface area contributed by atoms with Gasteiger partial charge in [0.05, 0.1) is 40.2 Å². The Bertz CT molecular complexity index is 1310. The van der Waals surface area contributed by atoms with Gasteiger partial charge in [0.15, 0.2) is 0 Å². The molecule has 4 rings (SSSR count). The number of anilines is 1. The zero-order valence-electron chi connectivity index (χ0n) is 26.7. The molecule has 0 spiro atoms. The SMILES string of the molecule is CCCCN(C(=O)CN1CC(c2ccc3c(c2)CCO3)C(C(=O)O)C1CCN(C)C(C)=O)c1cccc(C[N+](C)(C)C)c1. The van der Waals surface area contributed by atoms with E-state index in [0.29, 0.717) is 32.7 Å². The van der Waals surface area contributed by atoms with E-state index >= 15 is 0 Å². The van der Waals surface area contributed by atoms with Crippen molar-refractivity contribution in [1.29, 1.82) is 0 Å². The number of quaternary nitrogens is 1. The van der Waals surface area contributed by atoms with Gasteiger partial charge in [-0.15, -0.1) is 0 Å². The first-order valence-corrected chi connectivity index (χ1v) is 15.5. The predicted molar refractivity (Wildman–Crippen MR) is 168 cm³/mol. The van der Waals surface area contributed by atoms with Crippen LogP contribution in [0.5, 0.6) is 5.75 Å². The number of carbonyl (C=O) groups excluding carboxylic acids is 2. The van der Waals surface area contributed by atoms with Gasteiger partial charge >= 0.3 is 5.97 Å². The van der Waals surface area contributed by atoms with Gasteiger partial charge in [0.1, 0.15) is 12.3 Å². The molecule has 0 aliphatic carbocycles. The second-order valence-corrected chi connectivity index (χ2v) is 13.2. The zero-order chi connectivity index (χ0) is 31.3. The third-order valence-corrected chi connectivity index (χ3v) is 8.73. The van der Waals surface area contributed by atoms with E-state index in [0.717, 1.165) is 58.4 Å². The van der Waals surface area contributed by atoms with Gasteiger partial charge in [0, 0.05) is 63.2 Å². The summed E-state index contributed by atoms with van der Waals surface area (Å²) in [6.07, 6.45) is 3.11. The van der Waals surface area contributed by atoms with Crippen LogP contribution in [0.25, 0.3) is 0 Å². The lowest BCUT2D eigenvalue weighted by Gasteiger charge is -2.31. The molecular formula is C34H49N4O5+. The van der Waals surface area contributed by atoms with E-state index in [1.807, 2.05) is 29.2 Å². The van der Waals surface area contributed by atoms with Crippen LogP contribution in [0.1, 0.15) is 55.7 Å². The molecule has 2 aromatic carbocycles. The number of carboxylic acids is 1. The smallest absolute Gasteiger partial charge is 0.308 e. The predicted octanol–water partition coefficient (Wildman–Crippen LogP) is 4.00. The zero-order valence-corrected chi connectivity index (χ0v) is 26.7. The molecule has 2 aromatic rings. The molecule has 234 valence electrons. The minimum Gasteiger partial charge on any atom is -0.493 e. The van der Waals surface area contributed by atoms with Crippen LogP contribution in [-0.2, 0) is 27.3 Å². The van der Waals surface area contributed by atoms with Gasteiger partial charge in [-0.05, 0) is 42.2 Å². The molecule has 0 radical (unpaired) electrons. The Kier molecular flexibility index (Phi) is 10.5. The Morgan fingerprint density at radius 3 is 2.53 bits per heavy atom. The summed E-state index contributed by atoms with van der Waals surface area (Å²) in [6, 6.07) is 13.8. The van der Waals surface area contributed by atoms with Crippen molar-refractivity contribution in [2.45, 2.75) is 58.0 Å². The molecule has 1 saturated heterocycles. The van der Waals surface area contributed by atoms with E-state index in [2.05, 4.69) is 51.2 Å². The Morgan fingerprint density at radius 2 is 1.86 bits per heavy atom. The van der Waals surface area contributed by atoms with Crippen molar-refractivity contribution in [1.82, 2.24) is 9.80 Å². The molecule has 9 nitrogen and oxygen atoms in total. The molecule has 0 bridgehead atoms. The first-order valence-electron chi connectivity index (χ1n) is 15.5. The summed E-state index contributed by atoms with van der Waals surface area (Å²) in [4.78, 5) is 44.5. The van der Waals surface area contributed by atoms with Crippen molar-refractivity contribution in [3.05, 3.63) is 59.2 Å². The standard InChI is InChI=1S/C34H48N4O5/c1-7-8-16-37(28-11-9-10-25(19-28)23-38(4,5)6)32(40)22-36-21-29(26-12-13-31-27(20-26)15-18-43-31)33(34(41)42)30(36)14-17-35(3)24(2)39/h9-13,19-20,29-30,33H,7-8,14-18,21-23H2,1-6H3/p+1. The maximum absolute atomic E-state index is 14.1. The first kappa shape index (κ1) is 32.5. The molecule has 1 fully saturated rings. The van der Waals surface area contributed by atoms with Crippen molar-refractivity contribution in [2.24, 2.45) is 5.92 Å². The molecule has 2 amide bonds. The van der Waals surface area contributed by atoms with Crippen molar-refractivity contribution in [2.75, 3.05) is 65.9 Å². The van der Waals surface area contributed by atoms with Gasteiger partial charge in [-0.1, -0.05) is 37.6 Å². The largest absolute Gasteiger partial charge is 0.493 e. The lowest BCUT2D eigenvalue weighted by Crippen LogP contribution is -2.45. The molecule has 0 aromatic heterocycles. The molecule has 43 heavy (non-hydrogen) atoms.